The van der Waals surface area contributed by atoms with E-state index in [1.165, 1.54) is 12.1 Å². The number of rotatable bonds is 0. The Labute approximate surface area is 136 Å². The van der Waals surface area contributed by atoms with Crippen molar-refractivity contribution >= 4 is 29.3 Å². The van der Waals surface area contributed by atoms with Crippen LogP contribution < -0.4 is 0 Å². The predicted molar refractivity (Wildman–Crippen MR) is 79.4 cm³/mol. The van der Waals surface area contributed by atoms with Crippen molar-refractivity contribution in [1.82, 2.24) is 0 Å². The molecule has 0 saturated carbocycles. The molecule has 24 heavy (non-hydrogen) atoms. The monoisotopic (exact) mass is 358 g/mol. The fraction of sp³-hybridized carbons (Fsp3) is 0. The van der Waals surface area contributed by atoms with E-state index in [2.05, 4.69) is 0 Å². The van der Waals surface area contributed by atoms with Gasteiger partial charge in [0, 0.05) is 0 Å². The Morgan fingerprint density at radius 3 is 0.625 bits per heavy atom. The van der Waals surface area contributed by atoms with Crippen molar-refractivity contribution in [1.29, 1.82) is 0 Å². The number of phenols is 2. The highest BCUT2D eigenvalue weighted by Gasteiger charge is 1.94. The van der Waals surface area contributed by atoms with E-state index in [1.807, 2.05) is 0 Å². The molecule has 0 fully saturated rings. The number of benzene rings is 1. The molecule has 138 valence electrons. The molecule has 14 N–H and O–H groups in total. The molecule has 1 aromatic carbocycles. The molecule has 0 aliphatic rings. The van der Waals surface area contributed by atoms with Crippen molar-refractivity contribution in [3.05, 3.63) is 24.3 Å². The summed E-state index contributed by atoms with van der Waals surface area (Å²) in [7, 11) is -8.67. The van der Waals surface area contributed by atoms with Crippen LogP contribution in [0.4, 0.5) is 0 Å². The summed E-state index contributed by atoms with van der Waals surface area (Å²) in [5, 5.41) is 103. The van der Waals surface area contributed by atoms with Crippen molar-refractivity contribution in [2.75, 3.05) is 0 Å². The highest BCUT2D eigenvalue weighted by molar-refractivity contribution is 6.31. The van der Waals surface area contributed by atoms with Crippen molar-refractivity contribution in [2.24, 2.45) is 0 Å². The standard InChI is InChI=1S/C6H6O2.4BH3O3/c7-5-3-1-2-4-6(5)8;4*2-1(3)4/h1-4,7-8H;4*2-4H. The molecule has 0 amide bonds. The van der Waals surface area contributed by atoms with Crippen LogP contribution in [0.3, 0.4) is 0 Å². The molecule has 0 saturated heterocycles. The van der Waals surface area contributed by atoms with Gasteiger partial charge in [-0.25, -0.2) is 0 Å². The Kier molecular flexibility index (Phi) is 27.4. The highest BCUT2D eigenvalue weighted by atomic mass is 16.5. The lowest BCUT2D eigenvalue weighted by atomic mass is 10.3. The van der Waals surface area contributed by atoms with Crippen LogP contribution >= 0.6 is 0 Å². The zero-order valence-corrected chi connectivity index (χ0v) is 11.9. The summed E-state index contributed by atoms with van der Waals surface area (Å²) in [6.07, 6.45) is 0. The van der Waals surface area contributed by atoms with E-state index in [1.54, 1.807) is 12.1 Å². The van der Waals surface area contributed by atoms with E-state index >= 15 is 0 Å². The minimum Gasteiger partial charge on any atom is -0.504 e. The molecule has 1 aromatic rings. The number of hydrogen-bond acceptors (Lipinski definition) is 14. The van der Waals surface area contributed by atoms with Gasteiger partial charge in [0.15, 0.2) is 11.5 Å². The molecule has 0 spiro atoms. The largest absolute Gasteiger partial charge is 0.631 e. The van der Waals surface area contributed by atoms with Gasteiger partial charge in [-0.05, 0) is 12.1 Å². The van der Waals surface area contributed by atoms with E-state index in [-0.39, 0.29) is 11.5 Å². The zero-order valence-electron chi connectivity index (χ0n) is 11.9. The lowest BCUT2D eigenvalue weighted by Crippen LogP contribution is -2.07. The molecular weight excluding hydrogens is 339 g/mol. The summed E-state index contributed by atoms with van der Waals surface area (Å²) in [6.45, 7) is 0. The smallest absolute Gasteiger partial charge is 0.504 e. The average molecular weight is 357 g/mol. The maximum absolute atomic E-state index is 8.67. The summed E-state index contributed by atoms with van der Waals surface area (Å²) in [4.78, 5) is 0. The van der Waals surface area contributed by atoms with E-state index < -0.39 is 29.3 Å². The van der Waals surface area contributed by atoms with Gasteiger partial charge in [0.1, 0.15) is 0 Å². The Bertz CT molecular complexity index is 296. The van der Waals surface area contributed by atoms with Crippen molar-refractivity contribution in [3.8, 4) is 11.5 Å². The first-order chi connectivity index (χ1) is 10.7. The summed E-state index contributed by atoms with van der Waals surface area (Å²) >= 11 is 0. The van der Waals surface area contributed by atoms with Crippen LogP contribution in [0, 0.1) is 0 Å². The summed E-state index contributed by atoms with van der Waals surface area (Å²) in [6, 6.07) is 6.15. The molecule has 0 aliphatic carbocycles. The summed E-state index contributed by atoms with van der Waals surface area (Å²) in [5.41, 5.74) is 0. The van der Waals surface area contributed by atoms with Crippen LogP contribution in [0.1, 0.15) is 0 Å². The molecule has 0 heterocycles. The fourth-order valence-electron chi connectivity index (χ4n) is 0.464. The zero-order chi connectivity index (χ0) is 20.3. The SMILES string of the molecule is OB(O)O.OB(O)O.OB(O)O.OB(O)O.Oc1ccccc1O. The van der Waals surface area contributed by atoms with Gasteiger partial charge in [0.05, 0.1) is 0 Å². The molecule has 0 aliphatic heterocycles. The second-order valence-electron chi connectivity index (χ2n) is 2.87. The first kappa shape index (κ1) is 30.5. The van der Waals surface area contributed by atoms with Gasteiger partial charge in [0.25, 0.3) is 0 Å². The van der Waals surface area contributed by atoms with Crippen LogP contribution in [0.2, 0.25) is 0 Å². The van der Waals surface area contributed by atoms with Gasteiger partial charge >= 0.3 is 29.3 Å². The molecule has 14 nitrogen and oxygen atoms in total. The third-order valence-electron chi connectivity index (χ3n) is 0.882. The maximum Gasteiger partial charge on any atom is 0.631 e. The Morgan fingerprint density at radius 1 is 0.417 bits per heavy atom. The van der Waals surface area contributed by atoms with Crippen molar-refractivity contribution in [2.45, 2.75) is 0 Å². The third kappa shape index (κ3) is 85.9. The second kappa shape index (κ2) is 21.6. The van der Waals surface area contributed by atoms with Gasteiger partial charge in [-0.15, -0.1) is 0 Å². The number of phenolic OH excluding ortho intramolecular Hbond substituents is 2. The molecule has 0 aromatic heterocycles. The van der Waals surface area contributed by atoms with Gasteiger partial charge in [-0.2, -0.15) is 0 Å². The van der Waals surface area contributed by atoms with Crippen LogP contribution in [-0.2, 0) is 0 Å². The van der Waals surface area contributed by atoms with E-state index in [0.717, 1.165) is 0 Å². The molecule has 1 rings (SSSR count). The molecule has 0 bridgehead atoms. The van der Waals surface area contributed by atoms with E-state index in [0.29, 0.717) is 0 Å². The number of para-hydroxylation sites is 2. The van der Waals surface area contributed by atoms with Crippen LogP contribution in [0.15, 0.2) is 24.3 Å². The maximum atomic E-state index is 8.67. The van der Waals surface area contributed by atoms with Crippen molar-refractivity contribution < 1.29 is 70.5 Å². The third-order valence-corrected chi connectivity index (χ3v) is 0.882. The van der Waals surface area contributed by atoms with Crippen LogP contribution in [0.5, 0.6) is 11.5 Å². The normalized spacial score (nSPS) is 7.50. The second-order valence-corrected chi connectivity index (χ2v) is 2.87. The summed E-state index contributed by atoms with van der Waals surface area (Å²) < 4.78 is 0. The molecule has 0 atom stereocenters. The molecule has 0 unspecified atom stereocenters. The van der Waals surface area contributed by atoms with E-state index in [9.17, 15) is 0 Å². The summed E-state index contributed by atoms with van der Waals surface area (Å²) in [5.74, 6) is -0.153. The Balaban J connectivity index is -0.000000110. The van der Waals surface area contributed by atoms with Crippen LogP contribution in [0.25, 0.3) is 0 Å². The first-order valence-electron chi connectivity index (χ1n) is 5.37. The fourth-order valence-corrected chi connectivity index (χ4v) is 0.464. The van der Waals surface area contributed by atoms with Crippen molar-refractivity contribution in [3.63, 3.8) is 0 Å². The molecular formula is C6H18B4O14. The Morgan fingerprint density at radius 2 is 0.542 bits per heavy atom. The lowest BCUT2D eigenvalue weighted by molar-refractivity contribution is 0.276. The minimum absolute atomic E-state index is 0.0764. The Hall–Kier alpha value is -1.40. The number of hydrogen-bond donors (Lipinski definition) is 14. The van der Waals surface area contributed by atoms with Gasteiger partial charge in [-0.3, -0.25) is 0 Å². The predicted octanol–water partition coefficient (Wildman–Crippen LogP) is -7.11. The van der Waals surface area contributed by atoms with Crippen LogP contribution in [-0.4, -0.2) is 99.8 Å². The molecule has 0 radical (unpaired) electrons. The average Bonchev–Trinajstić information content (AvgIpc) is 2.30. The topological polar surface area (TPSA) is 283 Å². The van der Waals surface area contributed by atoms with Gasteiger partial charge < -0.3 is 70.5 Å². The van der Waals surface area contributed by atoms with Gasteiger partial charge in [-0.1, -0.05) is 12.1 Å². The highest BCUT2D eigenvalue weighted by Crippen LogP contribution is 2.21. The lowest BCUT2D eigenvalue weighted by Gasteiger charge is -1.91. The van der Waals surface area contributed by atoms with Gasteiger partial charge in [0.2, 0.25) is 0 Å². The van der Waals surface area contributed by atoms with E-state index in [4.69, 9.17) is 70.5 Å². The molecule has 18 heteroatoms. The number of aromatic hydroxyl groups is 2. The first-order valence-corrected chi connectivity index (χ1v) is 5.37. The quantitative estimate of drug-likeness (QED) is 0.152. The minimum atomic E-state index is -2.17.